The van der Waals surface area contributed by atoms with Crippen molar-refractivity contribution >= 4 is 22.0 Å². The van der Waals surface area contributed by atoms with Gasteiger partial charge in [-0.15, -0.1) is 0 Å². The Bertz CT molecular complexity index is 392. The maximum Gasteiger partial charge on any atom is 0.317 e. The predicted molar refractivity (Wildman–Crippen MR) is 68.5 cm³/mol. The first kappa shape index (κ1) is 12.4. The second-order valence-corrected chi connectivity index (χ2v) is 4.77. The van der Waals surface area contributed by atoms with E-state index in [1.165, 1.54) is 0 Å². The summed E-state index contributed by atoms with van der Waals surface area (Å²) >= 11 is 3.44. The lowest BCUT2D eigenvalue weighted by Gasteiger charge is -2.13. The van der Waals surface area contributed by atoms with Crippen LogP contribution in [-0.2, 0) is 11.3 Å². The molecule has 92 valence electrons. The minimum absolute atomic E-state index is 0.130. The van der Waals surface area contributed by atoms with Gasteiger partial charge in [-0.25, -0.2) is 4.79 Å². The standard InChI is InChI=1S/C12H15BrN2O2/c13-10-5-2-1-4-9(10)8-14-12(16)15-11-6-3-7-17-11/h1-2,4-5,11H,3,6-8H2,(H2,14,15,16). The molecule has 0 bridgehead atoms. The molecule has 0 saturated carbocycles. The number of halogens is 1. The quantitative estimate of drug-likeness (QED) is 0.900. The fourth-order valence-corrected chi connectivity index (χ4v) is 2.13. The molecule has 0 radical (unpaired) electrons. The number of carbonyl (C=O) groups is 1. The fourth-order valence-electron chi connectivity index (χ4n) is 1.71. The van der Waals surface area contributed by atoms with Crippen molar-refractivity contribution in [2.75, 3.05) is 6.61 Å². The summed E-state index contributed by atoms with van der Waals surface area (Å²) in [7, 11) is 0. The van der Waals surface area contributed by atoms with Gasteiger partial charge in [0.1, 0.15) is 6.23 Å². The van der Waals surface area contributed by atoms with E-state index in [0.29, 0.717) is 6.54 Å². The van der Waals surface area contributed by atoms with Gasteiger partial charge in [-0.1, -0.05) is 34.1 Å². The highest BCUT2D eigenvalue weighted by Crippen LogP contribution is 2.15. The van der Waals surface area contributed by atoms with Gasteiger partial charge < -0.3 is 15.4 Å². The lowest BCUT2D eigenvalue weighted by Crippen LogP contribution is -2.41. The van der Waals surface area contributed by atoms with Gasteiger partial charge in [0.2, 0.25) is 0 Å². The zero-order valence-corrected chi connectivity index (χ0v) is 11.0. The molecular weight excluding hydrogens is 284 g/mol. The summed E-state index contributed by atoms with van der Waals surface area (Å²) < 4.78 is 6.32. The zero-order valence-electron chi connectivity index (χ0n) is 9.41. The lowest BCUT2D eigenvalue weighted by molar-refractivity contribution is 0.0907. The van der Waals surface area contributed by atoms with Gasteiger partial charge in [-0.2, -0.15) is 0 Å². The summed E-state index contributed by atoms with van der Waals surface area (Å²) in [6, 6.07) is 7.62. The Balaban J connectivity index is 1.77. The Hall–Kier alpha value is -1.07. The highest BCUT2D eigenvalue weighted by molar-refractivity contribution is 9.10. The molecule has 1 saturated heterocycles. The summed E-state index contributed by atoms with van der Waals surface area (Å²) in [5.41, 5.74) is 1.05. The first-order valence-corrected chi connectivity index (χ1v) is 6.44. The van der Waals surface area contributed by atoms with Crippen LogP contribution in [-0.4, -0.2) is 18.9 Å². The van der Waals surface area contributed by atoms with Crippen LogP contribution < -0.4 is 10.6 Å². The van der Waals surface area contributed by atoms with Crippen LogP contribution in [0.1, 0.15) is 18.4 Å². The number of amides is 2. The van der Waals surface area contributed by atoms with E-state index < -0.39 is 0 Å². The molecule has 2 rings (SSSR count). The van der Waals surface area contributed by atoms with Gasteiger partial charge in [0.05, 0.1) is 0 Å². The average molecular weight is 299 g/mol. The molecule has 0 aliphatic carbocycles. The molecule has 1 heterocycles. The van der Waals surface area contributed by atoms with Crippen molar-refractivity contribution < 1.29 is 9.53 Å². The summed E-state index contributed by atoms with van der Waals surface area (Å²) in [5.74, 6) is 0. The average Bonchev–Trinajstić information content (AvgIpc) is 2.81. The van der Waals surface area contributed by atoms with Crippen LogP contribution in [0, 0.1) is 0 Å². The molecule has 1 fully saturated rings. The van der Waals surface area contributed by atoms with E-state index in [-0.39, 0.29) is 12.3 Å². The second-order valence-electron chi connectivity index (χ2n) is 3.92. The highest BCUT2D eigenvalue weighted by atomic mass is 79.9. The first-order chi connectivity index (χ1) is 8.25. The molecule has 2 N–H and O–H groups in total. The maximum absolute atomic E-state index is 11.6. The van der Waals surface area contributed by atoms with Crippen molar-refractivity contribution in [2.24, 2.45) is 0 Å². The molecule has 1 atom stereocenters. The molecule has 0 aromatic heterocycles. The van der Waals surface area contributed by atoms with Gasteiger partial charge in [0.25, 0.3) is 0 Å². The van der Waals surface area contributed by atoms with Crippen molar-refractivity contribution in [1.82, 2.24) is 10.6 Å². The monoisotopic (exact) mass is 298 g/mol. The van der Waals surface area contributed by atoms with Gasteiger partial charge in [0.15, 0.2) is 0 Å². The Morgan fingerprint density at radius 3 is 3.00 bits per heavy atom. The summed E-state index contributed by atoms with van der Waals surface area (Å²) in [6.07, 6.45) is 1.77. The molecule has 1 unspecified atom stereocenters. The van der Waals surface area contributed by atoms with E-state index in [2.05, 4.69) is 26.6 Å². The van der Waals surface area contributed by atoms with Crippen molar-refractivity contribution in [3.63, 3.8) is 0 Å². The normalized spacial score (nSPS) is 19.0. The van der Waals surface area contributed by atoms with Gasteiger partial charge >= 0.3 is 6.03 Å². The van der Waals surface area contributed by atoms with Crippen LogP contribution >= 0.6 is 15.9 Å². The smallest absolute Gasteiger partial charge is 0.317 e. The van der Waals surface area contributed by atoms with Crippen molar-refractivity contribution in [2.45, 2.75) is 25.6 Å². The molecular formula is C12H15BrN2O2. The van der Waals surface area contributed by atoms with E-state index in [1.807, 2.05) is 24.3 Å². The van der Waals surface area contributed by atoms with Gasteiger partial charge in [-0.05, 0) is 24.5 Å². The second kappa shape index (κ2) is 6.02. The SMILES string of the molecule is O=C(NCc1ccccc1Br)NC1CCCO1. The van der Waals surface area contributed by atoms with Crippen LogP contribution in [0.5, 0.6) is 0 Å². The number of nitrogens with one attached hydrogen (secondary N) is 2. The van der Waals surface area contributed by atoms with Crippen LogP contribution in [0.15, 0.2) is 28.7 Å². The lowest BCUT2D eigenvalue weighted by atomic mass is 10.2. The van der Waals surface area contributed by atoms with Crippen LogP contribution in [0.2, 0.25) is 0 Å². The summed E-state index contributed by atoms with van der Waals surface area (Å²) in [6.45, 7) is 1.23. The molecule has 5 heteroatoms. The molecule has 1 aromatic rings. The third-order valence-electron chi connectivity index (χ3n) is 2.62. The van der Waals surface area contributed by atoms with Gasteiger partial charge in [0, 0.05) is 17.6 Å². The third-order valence-corrected chi connectivity index (χ3v) is 3.39. The predicted octanol–water partition coefficient (Wildman–Crippen LogP) is 2.38. The molecule has 1 aromatic carbocycles. The number of carbonyl (C=O) groups excluding carboxylic acids is 1. The van der Waals surface area contributed by atoms with Crippen LogP contribution in [0.3, 0.4) is 0 Å². The van der Waals surface area contributed by atoms with Crippen molar-refractivity contribution in [3.8, 4) is 0 Å². The highest BCUT2D eigenvalue weighted by Gasteiger charge is 2.17. The van der Waals surface area contributed by atoms with Crippen molar-refractivity contribution in [3.05, 3.63) is 34.3 Å². The zero-order chi connectivity index (χ0) is 12.1. The first-order valence-electron chi connectivity index (χ1n) is 5.65. The van der Waals surface area contributed by atoms with Crippen LogP contribution in [0.4, 0.5) is 4.79 Å². The van der Waals surface area contributed by atoms with Gasteiger partial charge in [-0.3, -0.25) is 0 Å². The number of hydrogen-bond acceptors (Lipinski definition) is 2. The molecule has 2 amide bonds. The number of benzene rings is 1. The van der Waals surface area contributed by atoms with E-state index >= 15 is 0 Å². The minimum Gasteiger partial charge on any atom is -0.358 e. The van der Waals surface area contributed by atoms with E-state index in [9.17, 15) is 4.79 Å². The summed E-state index contributed by atoms with van der Waals surface area (Å²) in [4.78, 5) is 11.6. The number of rotatable bonds is 3. The molecule has 17 heavy (non-hydrogen) atoms. The molecule has 4 nitrogen and oxygen atoms in total. The number of urea groups is 1. The molecule has 0 spiro atoms. The van der Waals surface area contributed by atoms with E-state index in [1.54, 1.807) is 0 Å². The third kappa shape index (κ3) is 3.71. The number of ether oxygens (including phenoxy) is 1. The van der Waals surface area contributed by atoms with Crippen LogP contribution in [0.25, 0.3) is 0 Å². The maximum atomic E-state index is 11.6. The van der Waals surface area contributed by atoms with E-state index in [4.69, 9.17) is 4.74 Å². The Kier molecular flexibility index (Phi) is 4.39. The molecule has 1 aliphatic heterocycles. The van der Waals surface area contributed by atoms with Crippen molar-refractivity contribution in [1.29, 1.82) is 0 Å². The Morgan fingerprint density at radius 2 is 2.29 bits per heavy atom. The Morgan fingerprint density at radius 1 is 1.47 bits per heavy atom. The molecule has 1 aliphatic rings. The topological polar surface area (TPSA) is 50.4 Å². The summed E-state index contributed by atoms with van der Waals surface area (Å²) in [5, 5.41) is 5.59. The largest absolute Gasteiger partial charge is 0.358 e. The number of hydrogen-bond donors (Lipinski definition) is 2. The fraction of sp³-hybridized carbons (Fsp3) is 0.417. The minimum atomic E-state index is -0.187. The Labute approximate surface area is 109 Å². The van der Waals surface area contributed by atoms with E-state index in [0.717, 1.165) is 29.5 Å².